The first-order chi connectivity index (χ1) is 8.52. The summed E-state index contributed by atoms with van der Waals surface area (Å²) in [6.45, 7) is 3.98. The van der Waals surface area contributed by atoms with Crippen LogP contribution in [0.25, 0.3) is 0 Å². The number of anilines is 1. The Morgan fingerprint density at radius 3 is 2.78 bits per heavy atom. The van der Waals surface area contributed by atoms with Gasteiger partial charge in [-0.15, -0.1) is 0 Å². The van der Waals surface area contributed by atoms with Gasteiger partial charge < -0.3 is 16.0 Å². The van der Waals surface area contributed by atoms with Crippen molar-refractivity contribution in [1.29, 1.82) is 0 Å². The summed E-state index contributed by atoms with van der Waals surface area (Å²) in [5, 5.41) is 3.31. The van der Waals surface area contributed by atoms with Crippen LogP contribution in [0.3, 0.4) is 0 Å². The highest BCUT2D eigenvalue weighted by atomic mass is 32.1. The number of aryl methyl sites for hydroxylation is 1. The van der Waals surface area contributed by atoms with Crippen molar-refractivity contribution >= 4 is 23.0 Å². The van der Waals surface area contributed by atoms with Gasteiger partial charge in [-0.1, -0.05) is 12.2 Å². The number of nitrogens with zero attached hydrogens (tertiary/aromatic N) is 2. The number of aromatic nitrogens is 1. The van der Waals surface area contributed by atoms with Gasteiger partial charge in [-0.3, -0.25) is 0 Å². The molecule has 0 saturated heterocycles. The van der Waals surface area contributed by atoms with Gasteiger partial charge >= 0.3 is 0 Å². The van der Waals surface area contributed by atoms with Crippen molar-refractivity contribution in [2.45, 2.75) is 19.8 Å². The van der Waals surface area contributed by atoms with Gasteiger partial charge in [0.05, 0.1) is 5.56 Å². The summed E-state index contributed by atoms with van der Waals surface area (Å²) in [5.74, 6) is 0.798. The molecule has 1 aromatic rings. The van der Waals surface area contributed by atoms with E-state index in [4.69, 9.17) is 18.0 Å². The van der Waals surface area contributed by atoms with Crippen LogP contribution in [0.1, 0.15) is 24.0 Å². The Hall–Kier alpha value is -1.20. The minimum absolute atomic E-state index is 0.399. The van der Waals surface area contributed by atoms with E-state index in [1.807, 2.05) is 13.0 Å². The van der Waals surface area contributed by atoms with Crippen LogP contribution in [0.15, 0.2) is 12.3 Å². The second-order valence-corrected chi connectivity index (χ2v) is 5.09. The van der Waals surface area contributed by atoms with E-state index in [1.54, 1.807) is 6.20 Å². The summed E-state index contributed by atoms with van der Waals surface area (Å²) < 4.78 is 0. The standard InChI is InChI=1S/C13H22N4S/c1-10-6-8-16-13(11(10)12(14)18)15-7-4-5-9-17(2)3/h6,8H,4-5,7,9H2,1-3H3,(H2,14,18)(H,15,16). The van der Waals surface area contributed by atoms with Gasteiger partial charge in [-0.25, -0.2) is 4.98 Å². The Balaban J connectivity index is 2.52. The molecule has 0 spiro atoms. The average molecular weight is 266 g/mol. The molecular weight excluding hydrogens is 244 g/mol. The number of nitrogens with two attached hydrogens (primary N) is 1. The third kappa shape index (κ3) is 4.58. The first-order valence-corrected chi connectivity index (χ1v) is 6.57. The van der Waals surface area contributed by atoms with Crippen molar-refractivity contribution < 1.29 is 0 Å². The molecule has 0 amide bonds. The van der Waals surface area contributed by atoms with E-state index < -0.39 is 0 Å². The fraction of sp³-hybridized carbons (Fsp3) is 0.538. The molecule has 1 heterocycles. The van der Waals surface area contributed by atoms with Crippen LogP contribution in [0.4, 0.5) is 5.82 Å². The molecule has 0 unspecified atom stereocenters. The monoisotopic (exact) mass is 266 g/mol. The molecule has 3 N–H and O–H groups in total. The van der Waals surface area contributed by atoms with Crippen LogP contribution in [-0.2, 0) is 0 Å². The summed E-state index contributed by atoms with van der Waals surface area (Å²) in [4.78, 5) is 6.89. The molecule has 0 radical (unpaired) electrons. The van der Waals surface area contributed by atoms with Crippen LogP contribution in [0, 0.1) is 6.92 Å². The van der Waals surface area contributed by atoms with Crippen molar-refractivity contribution in [2.24, 2.45) is 5.73 Å². The van der Waals surface area contributed by atoms with Crippen molar-refractivity contribution in [3.05, 3.63) is 23.4 Å². The molecule has 0 atom stereocenters. The molecule has 0 aromatic carbocycles. The van der Waals surface area contributed by atoms with Crippen LogP contribution >= 0.6 is 12.2 Å². The summed E-state index contributed by atoms with van der Waals surface area (Å²) in [6.07, 6.45) is 4.04. The quantitative estimate of drug-likeness (QED) is 0.582. The van der Waals surface area contributed by atoms with Crippen molar-refractivity contribution in [3.63, 3.8) is 0 Å². The number of nitrogens with one attached hydrogen (secondary N) is 1. The van der Waals surface area contributed by atoms with Crippen molar-refractivity contribution in [3.8, 4) is 0 Å². The summed E-state index contributed by atoms with van der Waals surface area (Å²) >= 11 is 5.06. The summed E-state index contributed by atoms with van der Waals surface area (Å²) in [6, 6.07) is 1.92. The topological polar surface area (TPSA) is 54.2 Å². The first-order valence-electron chi connectivity index (χ1n) is 6.16. The van der Waals surface area contributed by atoms with Crippen LogP contribution < -0.4 is 11.1 Å². The molecule has 1 rings (SSSR count). The molecule has 5 heteroatoms. The predicted octanol–water partition coefficient (Wildman–Crippen LogP) is 1.78. The van der Waals surface area contributed by atoms with E-state index in [1.165, 1.54) is 0 Å². The maximum atomic E-state index is 5.73. The van der Waals surface area contributed by atoms with Crippen LogP contribution in [0.2, 0.25) is 0 Å². The van der Waals surface area contributed by atoms with Crippen molar-refractivity contribution in [1.82, 2.24) is 9.88 Å². The lowest BCUT2D eigenvalue weighted by Gasteiger charge is -2.13. The highest BCUT2D eigenvalue weighted by molar-refractivity contribution is 7.80. The Morgan fingerprint density at radius 2 is 2.17 bits per heavy atom. The van der Waals surface area contributed by atoms with Gasteiger partial charge in [-0.05, 0) is 52.0 Å². The van der Waals surface area contributed by atoms with E-state index in [-0.39, 0.29) is 0 Å². The van der Waals surface area contributed by atoms with E-state index >= 15 is 0 Å². The summed E-state index contributed by atoms with van der Waals surface area (Å²) in [7, 11) is 4.17. The maximum Gasteiger partial charge on any atom is 0.136 e. The van der Waals surface area contributed by atoms with Gasteiger partial charge in [-0.2, -0.15) is 0 Å². The third-order valence-corrected chi connectivity index (χ3v) is 2.93. The van der Waals surface area contributed by atoms with Gasteiger partial charge in [0.1, 0.15) is 10.8 Å². The van der Waals surface area contributed by atoms with E-state index in [2.05, 4.69) is 29.3 Å². The van der Waals surface area contributed by atoms with Crippen LogP contribution in [0.5, 0.6) is 0 Å². The molecule has 4 nitrogen and oxygen atoms in total. The van der Waals surface area contributed by atoms with Crippen LogP contribution in [-0.4, -0.2) is 42.1 Å². The highest BCUT2D eigenvalue weighted by Crippen LogP contribution is 2.16. The number of rotatable bonds is 7. The largest absolute Gasteiger partial charge is 0.389 e. The Kier molecular flexibility index (Phi) is 6.01. The molecule has 0 aliphatic carbocycles. The molecular formula is C13H22N4S. The Labute approximate surface area is 115 Å². The maximum absolute atomic E-state index is 5.73. The Morgan fingerprint density at radius 1 is 1.44 bits per heavy atom. The lowest BCUT2D eigenvalue weighted by molar-refractivity contribution is 0.396. The minimum atomic E-state index is 0.399. The van der Waals surface area contributed by atoms with Gasteiger partial charge in [0, 0.05) is 12.7 Å². The SMILES string of the molecule is Cc1ccnc(NCCCCN(C)C)c1C(N)=S. The zero-order chi connectivity index (χ0) is 13.5. The number of hydrogen-bond donors (Lipinski definition) is 2. The average Bonchev–Trinajstić information content (AvgIpc) is 2.27. The number of pyridine rings is 1. The molecule has 18 heavy (non-hydrogen) atoms. The normalized spacial score (nSPS) is 10.7. The zero-order valence-corrected chi connectivity index (χ0v) is 12.2. The lowest BCUT2D eigenvalue weighted by Crippen LogP contribution is -2.17. The third-order valence-electron chi connectivity index (χ3n) is 2.73. The highest BCUT2D eigenvalue weighted by Gasteiger charge is 2.08. The smallest absolute Gasteiger partial charge is 0.136 e. The molecule has 100 valence electrons. The Bertz CT molecular complexity index is 404. The number of hydrogen-bond acceptors (Lipinski definition) is 4. The second kappa shape index (κ2) is 7.28. The molecule has 0 saturated carbocycles. The molecule has 0 fully saturated rings. The lowest BCUT2D eigenvalue weighted by atomic mass is 10.1. The predicted molar refractivity (Wildman–Crippen MR) is 81.1 cm³/mol. The first kappa shape index (κ1) is 14.9. The fourth-order valence-corrected chi connectivity index (χ4v) is 2.02. The second-order valence-electron chi connectivity index (χ2n) is 4.65. The fourth-order valence-electron chi connectivity index (χ4n) is 1.76. The molecule has 1 aromatic heterocycles. The number of unbranched alkanes of at least 4 members (excludes halogenated alkanes) is 1. The van der Waals surface area contributed by atoms with Gasteiger partial charge in [0.15, 0.2) is 0 Å². The zero-order valence-electron chi connectivity index (χ0n) is 11.4. The van der Waals surface area contributed by atoms with E-state index in [0.29, 0.717) is 4.99 Å². The molecule has 0 bridgehead atoms. The minimum Gasteiger partial charge on any atom is -0.389 e. The van der Waals surface area contributed by atoms with E-state index in [0.717, 1.165) is 42.9 Å². The van der Waals surface area contributed by atoms with Crippen molar-refractivity contribution in [2.75, 3.05) is 32.5 Å². The van der Waals surface area contributed by atoms with Gasteiger partial charge in [0.25, 0.3) is 0 Å². The molecule has 0 aliphatic rings. The van der Waals surface area contributed by atoms with E-state index in [9.17, 15) is 0 Å². The number of thiocarbonyl (C=S) groups is 1. The molecule has 0 aliphatic heterocycles. The summed E-state index contributed by atoms with van der Waals surface area (Å²) in [5.41, 5.74) is 7.65. The van der Waals surface area contributed by atoms with Gasteiger partial charge in [0.2, 0.25) is 0 Å².